The molecule has 15 heavy (non-hydrogen) atoms. The first kappa shape index (κ1) is 12.9. The Morgan fingerprint density at radius 1 is 1.40 bits per heavy atom. The van der Waals surface area contributed by atoms with E-state index in [-0.39, 0.29) is 0 Å². The fourth-order valence-corrected chi connectivity index (χ4v) is 2.31. The Balaban J connectivity index is 2.42. The Morgan fingerprint density at radius 3 is 2.73 bits per heavy atom. The third-order valence-corrected chi connectivity index (χ3v) is 2.97. The van der Waals surface area contributed by atoms with Gasteiger partial charge < -0.3 is 10.4 Å². The summed E-state index contributed by atoms with van der Waals surface area (Å²) in [6, 6.07) is 0.616. The molecular formula is C12H26N2O. The van der Waals surface area contributed by atoms with Gasteiger partial charge in [-0.15, -0.1) is 0 Å². The Bertz CT molecular complexity index is 177. The van der Waals surface area contributed by atoms with E-state index in [1.165, 1.54) is 19.3 Å². The Kier molecular flexibility index (Phi) is 5.03. The lowest BCUT2D eigenvalue weighted by molar-refractivity contribution is 0.0102. The number of likely N-dealkylation sites (N-methyl/N-ethyl adjacent to an activating group) is 1. The third kappa shape index (κ3) is 4.96. The van der Waals surface area contributed by atoms with Crippen molar-refractivity contribution >= 4 is 0 Å². The highest BCUT2D eigenvalue weighted by atomic mass is 16.3. The van der Waals surface area contributed by atoms with E-state index >= 15 is 0 Å². The molecule has 3 heteroatoms. The molecule has 1 rings (SSSR count). The molecule has 0 aromatic carbocycles. The molecule has 0 saturated carbocycles. The maximum Gasteiger partial charge on any atom is 0.0718 e. The fraction of sp³-hybridized carbons (Fsp3) is 1.00. The van der Waals surface area contributed by atoms with Crippen molar-refractivity contribution in [3.63, 3.8) is 0 Å². The first-order valence-electron chi connectivity index (χ1n) is 6.20. The minimum absolute atomic E-state index is 0.568. The van der Waals surface area contributed by atoms with Crippen LogP contribution in [-0.2, 0) is 0 Å². The molecule has 0 aliphatic carbocycles. The summed E-state index contributed by atoms with van der Waals surface area (Å²) >= 11 is 0. The zero-order valence-corrected chi connectivity index (χ0v) is 10.4. The maximum atomic E-state index is 9.85. The molecule has 1 atom stereocenters. The van der Waals surface area contributed by atoms with Crippen LogP contribution in [0.25, 0.3) is 0 Å². The van der Waals surface area contributed by atoms with Gasteiger partial charge in [-0.25, -0.2) is 0 Å². The smallest absolute Gasteiger partial charge is 0.0718 e. The molecular weight excluding hydrogens is 188 g/mol. The normalized spacial score (nSPS) is 24.4. The van der Waals surface area contributed by atoms with Crippen molar-refractivity contribution in [2.45, 2.75) is 51.7 Å². The number of hydrogen-bond donors (Lipinski definition) is 2. The first-order valence-corrected chi connectivity index (χ1v) is 6.20. The number of nitrogens with one attached hydrogen (secondary N) is 1. The van der Waals surface area contributed by atoms with Gasteiger partial charge in [0.15, 0.2) is 0 Å². The first-order chi connectivity index (χ1) is 7.03. The van der Waals surface area contributed by atoms with E-state index in [2.05, 4.69) is 17.1 Å². The van der Waals surface area contributed by atoms with Gasteiger partial charge in [0.05, 0.1) is 5.60 Å². The van der Waals surface area contributed by atoms with Crippen LogP contribution in [0.4, 0.5) is 0 Å². The van der Waals surface area contributed by atoms with E-state index < -0.39 is 5.60 Å². The molecule has 1 aliphatic heterocycles. The molecule has 0 bridgehead atoms. The highest BCUT2D eigenvalue weighted by Crippen LogP contribution is 2.19. The van der Waals surface area contributed by atoms with Gasteiger partial charge in [-0.2, -0.15) is 0 Å². The van der Waals surface area contributed by atoms with Gasteiger partial charge in [0.1, 0.15) is 0 Å². The van der Waals surface area contributed by atoms with Crippen LogP contribution in [0.1, 0.15) is 40.0 Å². The van der Waals surface area contributed by atoms with Crippen LogP contribution in [0.15, 0.2) is 0 Å². The molecule has 0 aromatic heterocycles. The van der Waals surface area contributed by atoms with E-state index in [1.54, 1.807) is 0 Å². The van der Waals surface area contributed by atoms with Crippen molar-refractivity contribution in [1.29, 1.82) is 0 Å². The summed E-state index contributed by atoms with van der Waals surface area (Å²) in [6.07, 6.45) is 3.88. The van der Waals surface area contributed by atoms with E-state index in [4.69, 9.17) is 0 Å². The average molecular weight is 214 g/mol. The minimum atomic E-state index is -0.568. The highest BCUT2D eigenvalue weighted by Gasteiger charge is 2.26. The number of rotatable bonds is 5. The lowest BCUT2D eigenvalue weighted by atomic mass is 9.99. The third-order valence-electron chi connectivity index (χ3n) is 2.97. The van der Waals surface area contributed by atoms with E-state index in [0.29, 0.717) is 6.04 Å². The molecule has 2 N–H and O–H groups in total. The quantitative estimate of drug-likeness (QED) is 0.722. The summed E-state index contributed by atoms with van der Waals surface area (Å²) in [5, 5.41) is 13.3. The van der Waals surface area contributed by atoms with Gasteiger partial charge in [0, 0.05) is 19.1 Å². The summed E-state index contributed by atoms with van der Waals surface area (Å²) in [7, 11) is 0. The zero-order chi connectivity index (χ0) is 11.3. The lowest BCUT2D eigenvalue weighted by Gasteiger charge is -2.39. The summed E-state index contributed by atoms with van der Waals surface area (Å²) in [6.45, 7) is 9.96. The second kappa shape index (κ2) is 5.83. The molecule has 0 spiro atoms. The Hall–Kier alpha value is -0.120. The van der Waals surface area contributed by atoms with Crippen LogP contribution >= 0.6 is 0 Å². The van der Waals surface area contributed by atoms with Crippen molar-refractivity contribution in [1.82, 2.24) is 10.2 Å². The molecule has 90 valence electrons. The second-order valence-electron chi connectivity index (χ2n) is 5.24. The highest BCUT2D eigenvalue weighted by molar-refractivity contribution is 4.83. The van der Waals surface area contributed by atoms with E-state index in [9.17, 15) is 5.11 Å². The number of nitrogens with zero attached hydrogens (tertiary/aromatic N) is 1. The van der Waals surface area contributed by atoms with Crippen molar-refractivity contribution < 1.29 is 5.11 Å². The van der Waals surface area contributed by atoms with E-state index in [1.807, 2.05) is 13.8 Å². The number of β-amino-alcohol motifs (C(OH)–C–C–N with tert-alkyl or cyclic N) is 1. The largest absolute Gasteiger partial charge is 0.389 e. The molecule has 0 aromatic rings. The van der Waals surface area contributed by atoms with Crippen molar-refractivity contribution in [2.75, 3.05) is 26.2 Å². The maximum absolute atomic E-state index is 9.85. The molecule has 0 radical (unpaired) electrons. The minimum Gasteiger partial charge on any atom is -0.389 e. The number of piperidine rings is 1. The standard InChI is InChI=1S/C12H26N2O/c1-4-13-9-11-7-5-6-8-14(11)10-12(2,3)15/h11,13,15H,4-10H2,1-3H3. The molecule has 1 heterocycles. The van der Waals surface area contributed by atoms with Gasteiger partial charge in [0.25, 0.3) is 0 Å². The molecule has 1 saturated heterocycles. The molecule has 1 unspecified atom stereocenters. The van der Waals surface area contributed by atoms with Gasteiger partial charge in [-0.05, 0) is 39.8 Å². The van der Waals surface area contributed by atoms with Crippen LogP contribution in [0, 0.1) is 0 Å². The second-order valence-corrected chi connectivity index (χ2v) is 5.24. The summed E-state index contributed by atoms with van der Waals surface area (Å²) < 4.78 is 0. The van der Waals surface area contributed by atoms with Gasteiger partial charge in [-0.1, -0.05) is 13.3 Å². The van der Waals surface area contributed by atoms with Crippen LogP contribution in [0.2, 0.25) is 0 Å². The van der Waals surface area contributed by atoms with Gasteiger partial charge >= 0.3 is 0 Å². The van der Waals surface area contributed by atoms with Crippen molar-refractivity contribution in [2.24, 2.45) is 0 Å². The molecule has 1 aliphatic rings. The van der Waals surface area contributed by atoms with Crippen LogP contribution in [0.5, 0.6) is 0 Å². The molecule has 1 fully saturated rings. The molecule has 3 nitrogen and oxygen atoms in total. The SMILES string of the molecule is CCNCC1CCCCN1CC(C)(C)O. The van der Waals surface area contributed by atoms with Crippen LogP contribution < -0.4 is 5.32 Å². The summed E-state index contributed by atoms with van der Waals surface area (Å²) in [5.74, 6) is 0. The predicted molar refractivity (Wildman–Crippen MR) is 64.1 cm³/mol. The number of hydrogen-bond acceptors (Lipinski definition) is 3. The fourth-order valence-electron chi connectivity index (χ4n) is 2.31. The van der Waals surface area contributed by atoms with Gasteiger partial charge in [0.2, 0.25) is 0 Å². The zero-order valence-electron chi connectivity index (χ0n) is 10.4. The summed E-state index contributed by atoms with van der Waals surface area (Å²) in [4.78, 5) is 2.44. The monoisotopic (exact) mass is 214 g/mol. The topological polar surface area (TPSA) is 35.5 Å². The lowest BCUT2D eigenvalue weighted by Crippen LogP contribution is -2.50. The summed E-state index contributed by atoms with van der Waals surface area (Å²) in [5.41, 5.74) is -0.568. The molecule has 0 amide bonds. The Morgan fingerprint density at radius 2 is 2.13 bits per heavy atom. The predicted octanol–water partition coefficient (Wildman–Crippen LogP) is 1.22. The average Bonchev–Trinajstić information content (AvgIpc) is 2.14. The number of aliphatic hydroxyl groups is 1. The van der Waals surface area contributed by atoms with Crippen LogP contribution in [0.3, 0.4) is 0 Å². The van der Waals surface area contributed by atoms with E-state index in [0.717, 1.165) is 26.2 Å². The van der Waals surface area contributed by atoms with Gasteiger partial charge in [-0.3, -0.25) is 4.90 Å². The van der Waals surface area contributed by atoms with Crippen LogP contribution in [-0.4, -0.2) is 47.8 Å². The number of likely N-dealkylation sites (tertiary alicyclic amines) is 1. The van der Waals surface area contributed by atoms with Crippen molar-refractivity contribution in [3.8, 4) is 0 Å². The Labute approximate surface area is 93.9 Å². The van der Waals surface area contributed by atoms with Crippen molar-refractivity contribution in [3.05, 3.63) is 0 Å².